The molecule has 0 aromatic carbocycles. The average Bonchev–Trinajstić information content (AvgIpc) is 2.25. The monoisotopic (exact) mass is 353 g/mol. The first-order valence-corrected chi connectivity index (χ1v) is 5.73. The number of ether oxygens (including phenoxy) is 1. The Kier molecular flexibility index (Phi) is 4.67. The smallest absolute Gasteiger partial charge is 0.403 e. The van der Waals surface area contributed by atoms with Gasteiger partial charge in [0.15, 0.2) is 5.75 Å². The molecule has 0 atom stereocenters. The van der Waals surface area contributed by atoms with Crippen LogP contribution < -0.4 is 4.74 Å². The zero-order valence-corrected chi connectivity index (χ0v) is 10.5. The van der Waals surface area contributed by atoms with Gasteiger partial charge in [-0.15, -0.1) is 13.2 Å². The van der Waals surface area contributed by atoms with E-state index in [0.717, 1.165) is 0 Å². The number of nitrogens with zero attached hydrogens (tertiary/aromatic N) is 1. The third-order valence-corrected chi connectivity index (χ3v) is 2.48. The summed E-state index contributed by atoms with van der Waals surface area (Å²) in [6.45, 7) is -1.12. The summed E-state index contributed by atoms with van der Waals surface area (Å²) in [5.41, 5.74) is -2.65. The Labute approximate surface area is 111 Å². The van der Waals surface area contributed by atoms with Crippen LogP contribution in [0.25, 0.3) is 0 Å². The van der Waals surface area contributed by atoms with Gasteiger partial charge in [0.2, 0.25) is 0 Å². The summed E-state index contributed by atoms with van der Waals surface area (Å²) < 4.78 is 77.7. The van der Waals surface area contributed by atoms with Crippen LogP contribution >= 0.6 is 15.9 Å². The Balaban J connectivity index is 3.47. The Morgan fingerprint density at radius 2 is 1.79 bits per heavy atom. The first kappa shape index (κ1) is 16.0. The number of aromatic nitrogens is 1. The molecule has 0 aliphatic carbocycles. The lowest BCUT2D eigenvalue weighted by atomic mass is 10.1. The molecule has 0 radical (unpaired) electrons. The second-order valence-corrected chi connectivity index (χ2v) is 3.84. The first-order chi connectivity index (χ1) is 8.58. The maximum Gasteiger partial charge on any atom is 0.573 e. The lowest BCUT2D eigenvalue weighted by Crippen LogP contribution is -2.22. The fourth-order valence-electron chi connectivity index (χ4n) is 1.26. The molecular weight excluding hydrogens is 348 g/mol. The number of rotatable bonds is 3. The number of aliphatic hydroxyl groups excluding tert-OH is 1. The van der Waals surface area contributed by atoms with Crippen LogP contribution in [0, 0.1) is 0 Å². The van der Waals surface area contributed by atoms with Gasteiger partial charge in [0.1, 0.15) is 11.3 Å². The highest BCUT2D eigenvalue weighted by Gasteiger charge is 2.41. The highest BCUT2D eigenvalue weighted by Crippen LogP contribution is 2.40. The van der Waals surface area contributed by atoms with Crippen LogP contribution in [0.5, 0.6) is 5.75 Å². The number of hydrogen-bond donors (Lipinski definition) is 1. The minimum Gasteiger partial charge on any atom is -0.403 e. The summed E-state index contributed by atoms with van der Waals surface area (Å²) in [6.07, 6.45) is -10.4. The van der Waals surface area contributed by atoms with Crippen molar-refractivity contribution in [3.05, 3.63) is 23.0 Å². The van der Waals surface area contributed by atoms with Gasteiger partial charge < -0.3 is 9.84 Å². The quantitative estimate of drug-likeness (QED) is 0.669. The number of hydrogen-bond acceptors (Lipinski definition) is 3. The standard InChI is InChI=1S/C9H6BrF6NO2/c10-2-4-1-5(8(11,12)13)7(6(3-18)17-4)19-9(14,15)16/h1,18H,2-3H2. The fourth-order valence-corrected chi connectivity index (χ4v) is 1.55. The highest BCUT2D eigenvalue weighted by molar-refractivity contribution is 9.08. The summed E-state index contributed by atoms with van der Waals surface area (Å²) in [5.74, 6) is -1.54. The van der Waals surface area contributed by atoms with E-state index in [2.05, 4.69) is 25.7 Å². The molecule has 1 aromatic rings. The van der Waals surface area contributed by atoms with Crippen molar-refractivity contribution in [3.63, 3.8) is 0 Å². The summed E-state index contributed by atoms with van der Waals surface area (Å²) in [4.78, 5) is 3.45. The van der Waals surface area contributed by atoms with Crippen molar-refractivity contribution in [2.45, 2.75) is 24.5 Å². The molecule has 0 aliphatic heterocycles. The lowest BCUT2D eigenvalue weighted by Gasteiger charge is -2.18. The van der Waals surface area contributed by atoms with E-state index in [9.17, 15) is 26.3 Å². The molecule has 1 N–H and O–H groups in total. The van der Waals surface area contributed by atoms with Gasteiger partial charge >= 0.3 is 12.5 Å². The van der Waals surface area contributed by atoms with Crippen LogP contribution in [0.15, 0.2) is 6.07 Å². The maximum atomic E-state index is 12.7. The molecule has 3 nitrogen and oxygen atoms in total. The van der Waals surface area contributed by atoms with Gasteiger partial charge in [-0.05, 0) is 6.07 Å². The van der Waals surface area contributed by atoms with Crippen molar-refractivity contribution in [2.75, 3.05) is 0 Å². The van der Waals surface area contributed by atoms with Crippen molar-refractivity contribution >= 4 is 15.9 Å². The zero-order valence-electron chi connectivity index (χ0n) is 8.94. The minimum atomic E-state index is -5.32. The maximum absolute atomic E-state index is 12.7. The topological polar surface area (TPSA) is 42.4 Å². The molecule has 1 aromatic heterocycles. The molecule has 0 bridgehead atoms. The molecule has 19 heavy (non-hydrogen) atoms. The molecule has 0 fully saturated rings. The van der Waals surface area contributed by atoms with Gasteiger partial charge in [-0.25, -0.2) is 0 Å². The van der Waals surface area contributed by atoms with Crippen LogP contribution in [-0.4, -0.2) is 16.5 Å². The molecule has 0 unspecified atom stereocenters. The normalized spacial score (nSPS) is 12.6. The predicted octanol–water partition coefficient (Wildman–Crippen LogP) is 3.39. The molecular formula is C9H6BrF6NO2. The van der Waals surface area contributed by atoms with Gasteiger partial charge in [0.05, 0.1) is 12.3 Å². The molecule has 0 spiro atoms. The van der Waals surface area contributed by atoms with Crippen LogP contribution in [-0.2, 0) is 18.1 Å². The molecule has 108 valence electrons. The van der Waals surface area contributed by atoms with E-state index in [-0.39, 0.29) is 11.0 Å². The molecule has 0 saturated carbocycles. The summed E-state index contributed by atoms with van der Waals surface area (Å²) in [7, 11) is 0. The van der Waals surface area contributed by atoms with E-state index in [1.807, 2.05) is 0 Å². The summed E-state index contributed by atoms with van der Waals surface area (Å²) in [6, 6.07) is 0.426. The van der Waals surface area contributed by atoms with E-state index in [0.29, 0.717) is 6.07 Å². The van der Waals surface area contributed by atoms with Crippen molar-refractivity contribution in [1.82, 2.24) is 4.98 Å². The Morgan fingerprint density at radius 3 is 2.16 bits per heavy atom. The summed E-state index contributed by atoms with van der Waals surface area (Å²) >= 11 is 2.83. The van der Waals surface area contributed by atoms with Gasteiger partial charge in [-0.1, -0.05) is 15.9 Å². The highest BCUT2D eigenvalue weighted by atomic mass is 79.9. The largest absolute Gasteiger partial charge is 0.573 e. The van der Waals surface area contributed by atoms with Crippen molar-refractivity contribution in [2.24, 2.45) is 0 Å². The van der Waals surface area contributed by atoms with Crippen molar-refractivity contribution in [3.8, 4) is 5.75 Å². The Bertz CT molecular complexity index is 459. The van der Waals surface area contributed by atoms with E-state index >= 15 is 0 Å². The molecule has 0 amide bonds. The van der Waals surface area contributed by atoms with Crippen LogP contribution in [0.1, 0.15) is 17.0 Å². The van der Waals surface area contributed by atoms with Crippen LogP contribution in [0.3, 0.4) is 0 Å². The molecule has 0 saturated heterocycles. The van der Waals surface area contributed by atoms with E-state index in [1.54, 1.807) is 0 Å². The van der Waals surface area contributed by atoms with Gasteiger partial charge in [0.25, 0.3) is 0 Å². The molecule has 1 rings (SSSR count). The predicted molar refractivity (Wildman–Crippen MR) is 54.5 cm³/mol. The number of pyridine rings is 1. The van der Waals surface area contributed by atoms with E-state index in [1.165, 1.54) is 0 Å². The molecule has 1 heterocycles. The molecule has 0 aliphatic rings. The van der Waals surface area contributed by atoms with Crippen molar-refractivity contribution in [1.29, 1.82) is 0 Å². The third-order valence-electron chi connectivity index (χ3n) is 1.91. The average molecular weight is 354 g/mol. The number of alkyl halides is 7. The Morgan fingerprint density at radius 1 is 1.21 bits per heavy atom. The second kappa shape index (κ2) is 5.53. The van der Waals surface area contributed by atoms with Crippen molar-refractivity contribution < 1.29 is 36.2 Å². The zero-order chi connectivity index (χ0) is 14.8. The van der Waals surface area contributed by atoms with Gasteiger partial charge in [0, 0.05) is 5.33 Å². The van der Waals surface area contributed by atoms with E-state index in [4.69, 9.17) is 5.11 Å². The second-order valence-electron chi connectivity index (χ2n) is 3.27. The minimum absolute atomic E-state index is 0.116. The molecule has 10 heteroatoms. The van der Waals surface area contributed by atoms with Crippen LogP contribution in [0.2, 0.25) is 0 Å². The Hall–Kier alpha value is -1.03. The lowest BCUT2D eigenvalue weighted by molar-refractivity contribution is -0.276. The number of halogens is 7. The third kappa shape index (κ3) is 4.23. The first-order valence-electron chi connectivity index (χ1n) is 4.61. The van der Waals surface area contributed by atoms with Crippen LogP contribution in [0.4, 0.5) is 26.3 Å². The summed E-state index contributed by atoms with van der Waals surface area (Å²) in [5, 5.41) is 8.72. The fraction of sp³-hybridized carbons (Fsp3) is 0.444. The van der Waals surface area contributed by atoms with Gasteiger partial charge in [-0.3, -0.25) is 4.98 Å². The van der Waals surface area contributed by atoms with E-state index < -0.39 is 36.2 Å². The van der Waals surface area contributed by atoms with Gasteiger partial charge in [-0.2, -0.15) is 13.2 Å². The number of aliphatic hydroxyl groups is 1. The SMILES string of the molecule is OCc1nc(CBr)cc(C(F)(F)F)c1OC(F)(F)F.